The van der Waals surface area contributed by atoms with E-state index >= 15 is 0 Å². The number of nitrogens with one attached hydrogen (secondary N) is 1. The second-order valence-corrected chi connectivity index (χ2v) is 6.91. The third kappa shape index (κ3) is 5.13. The van der Waals surface area contributed by atoms with Gasteiger partial charge in [0.25, 0.3) is 0 Å². The van der Waals surface area contributed by atoms with Crippen molar-refractivity contribution in [1.29, 1.82) is 0 Å². The molecule has 32 heavy (non-hydrogen) atoms. The average Bonchev–Trinajstić information content (AvgIpc) is 2.83. The summed E-state index contributed by atoms with van der Waals surface area (Å²) >= 11 is 0. The molecule has 1 heterocycles. The van der Waals surface area contributed by atoms with Crippen molar-refractivity contribution in [2.45, 2.75) is 6.61 Å². The molecule has 0 fully saturated rings. The Morgan fingerprint density at radius 2 is 1.69 bits per heavy atom. The van der Waals surface area contributed by atoms with Crippen LogP contribution in [0.3, 0.4) is 0 Å². The van der Waals surface area contributed by atoms with Crippen molar-refractivity contribution < 1.29 is 18.6 Å². The summed E-state index contributed by atoms with van der Waals surface area (Å²) in [5.41, 5.74) is 2.88. The molecular formula is C25H22FN3O3. The molecule has 0 amide bonds. The van der Waals surface area contributed by atoms with Crippen molar-refractivity contribution >= 4 is 11.6 Å². The molecule has 0 saturated carbocycles. The van der Waals surface area contributed by atoms with Crippen molar-refractivity contribution in [3.05, 3.63) is 90.4 Å². The normalized spacial score (nSPS) is 10.5. The molecule has 4 aromatic rings. The van der Waals surface area contributed by atoms with Crippen LogP contribution in [0.5, 0.6) is 17.2 Å². The Kier molecular flexibility index (Phi) is 6.46. The van der Waals surface area contributed by atoms with Gasteiger partial charge in [0, 0.05) is 29.6 Å². The Morgan fingerprint density at radius 3 is 2.47 bits per heavy atom. The van der Waals surface area contributed by atoms with Gasteiger partial charge in [0.05, 0.1) is 19.9 Å². The van der Waals surface area contributed by atoms with Crippen LogP contribution in [0.4, 0.5) is 16.0 Å². The first-order chi connectivity index (χ1) is 15.6. The van der Waals surface area contributed by atoms with E-state index in [2.05, 4.69) is 15.3 Å². The Balaban J connectivity index is 1.54. The third-order valence-electron chi connectivity index (χ3n) is 4.71. The van der Waals surface area contributed by atoms with Gasteiger partial charge in [0.2, 0.25) is 5.95 Å². The predicted octanol–water partition coefficient (Wildman–Crippen LogP) is 5.62. The summed E-state index contributed by atoms with van der Waals surface area (Å²) in [5.74, 6) is 1.59. The smallest absolute Gasteiger partial charge is 0.227 e. The topological polar surface area (TPSA) is 65.5 Å². The largest absolute Gasteiger partial charge is 0.493 e. The SMILES string of the molecule is COc1ccc(Nc2nccc(-c3cc(F)cc(OCc4ccccc4)c3)n2)cc1OC. The van der Waals surface area contributed by atoms with Gasteiger partial charge in [-0.2, -0.15) is 0 Å². The molecule has 0 aliphatic rings. The van der Waals surface area contributed by atoms with Gasteiger partial charge in [-0.3, -0.25) is 0 Å². The molecule has 1 aromatic heterocycles. The van der Waals surface area contributed by atoms with E-state index < -0.39 is 5.82 Å². The van der Waals surface area contributed by atoms with Gasteiger partial charge in [-0.15, -0.1) is 0 Å². The molecule has 1 N–H and O–H groups in total. The number of ether oxygens (including phenoxy) is 3. The lowest BCUT2D eigenvalue weighted by Crippen LogP contribution is -2.00. The first-order valence-electron chi connectivity index (χ1n) is 9.94. The highest BCUT2D eigenvalue weighted by molar-refractivity contribution is 5.65. The maximum Gasteiger partial charge on any atom is 0.227 e. The fourth-order valence-electron chi connectivity index (χ4n) is 3.16. The van der Waals surface area contributed by atoms with Crippen LogP contribution in [0, 0.1) is 5.82 Å². The van der Waals surface area contributed by atoms with Gasteiger partial charge in [0.15, 0.2) is 11.5 Å². The molecule has 4 rings (SSSR count). The Hall–Kier alpha value is -4.13. The molecule has 0 spiro atoms. The zero-order chi connectivity index (χ0) is 22.3. The number of hydrogen-bond donors (Lipinski definition) is 1. The molecule has 0 bridgehead atoms. The minimum atomic E-state index is -0.404. The third-order valence-corrected chi connectivity index (χ3v) is 4.71. The maximum absolute atomic E-state index is 14.3. The van der Waals surface area contributed by atoms with E-state index in [4.69, 9.17) is 14.2 Å². The summed E-state index contributed by atoms with van der Waals surface area (Å²) < 4.78 is 30.6. The fourth-order valence-corrected chi connectivity index (χ4v) is 3.16. The molecule has 0 unspecified atom stereocenters. The van der Waals surface area contributed by atoms with Crippen molar-refractivity contribution in [3.63, 3.8) is 0 Å². The van der Waals surface area contributed by atoms with Gasteiger partial charge < -0.3 is 19.5 Å². The van der Waals surface area contributed by atoms with Gasteiger partial charge in [0.1, 0.15) is 18.2 Å². The molecular weight excluding hydrogens is 409 g/mol. The van der Waals surface area contributed by atoms with Crippen molar-refractivity contribution in [2.75, 3.05) is 19.5 Å². The van der Waals surface area contributed by atoms with Gasteiger partial charge in [-0.25, -0.2) is 14.4 Å². The lowest BCUT2D eigenvalue weighted by atomic mass is 10.1. The Labute approximate surface area is 185 Å². The summed E-state index contributed by atoms with van der Waals surface area (Å²) in [6.07, 6.45) is 1.61. The predicted molar refractivity (Wildman–Crippen MR) is 121 cm³/mol. The van der Waals surface area contributed by atoms with E-state index in [1.165, 1.54) is 12.1 Å². The van der Waals surface area contributed by atoms with Gasteiger partial charge in [-0.05, 0) is 35.9 Å². The number of rotatable bonds is 8. The van der Waals surface area contributed by atoms with E-state index in [9.17, 15) is 4.39 Å². The summed E-state index contributed by atoms with van der Waals surface area (Å²) in [4.78, 5) is 8.78. The molecule has 3 aromatic carbocycles. The standard InChI is InChI=1S/C25H22FN3O3/c1-30-23-9-8-20(15-24(23)31-2)28-25-27-11-10-22(29-25)18-12-19(26)14-21(13-18)32-16-17-6-4-3-5-7-17/h3-15H,16H2,1-2H3,(H,27,28,29). The highest BCUT2D eigenvalue weighted by Crippen LogP contribution is 2.31. The van der Waals surface area contributed by atoms with Crippen molar-refractivity contribution in [2.24, 2.45) is 0 Å². The molecule has 0 aliphatic heterocycles. The van der Waals surface area contributed by atoms with Crippen LogP contribution in [0.25, 0.3) is 11.3 Å². The number of anilines is 2. The maximum atomic E-state index is 14.3. The molecule has 162 valence electrons. The highest BCUT2D eigenvalue weighted by atomic mass is 19.1. The Morgan fingerprint density at radius 1 is 0.875 bits per heavy atom. The van der Waals surface area contributed by atoms with Gasteiger partial charge in [-0.1, -0.05) is 30.3 Å². The molecule has 0 saturated heterocycles. The van der Waals surface area contributed by atoms with Crippen LogP contribution in [0.1, 0.15) is 5.56 Å². The summed E-state index contributed by atoms with van der Waals surface area (Å²) in [7, 11) is 3.15. The number of methoxy groups -OCH3 is 2. The van der Waals surface area contributed by atoms with E-state index in [1.807, 2.05) is 36.4 Å². The van der Waals surface area contributed by atoms with E-state index in [0.717, 1.165) is 11.3 Å². The second kappa shape index (κ2) is 9.78. The van der Waals surface area contributed by atoms with E-state index in [0.29, 0.717) is 41.1 Å². The number of nitrogens with zero attached hydrogens (tertiary/aromatic N) is 2. The molecule has 0 aliphatic carbocycles. The second-order valence-electron chi connectivity index (χ2n) is 6.91. The molecule has 7 heteroatoms. The van der Waals surface area contributed by atoms with Crippen LogP contribution in [0.15, 0.2) is 79.0 Å². The van der Waals surface area contributed by atoms with Crippen LogP contribution >= 0.6 is 0 Å². The number of benzene rings is 3. The zero-order valence-corrected chi connectivity index (χ0v) is 17.7. The minimum absolute atomic E-state index is 0.347. The van der Waals surface area contributed by atoms with Crippen LogP contribution in [0.2, 0.25) is 0 Å². The number of hydrogen-bond acceptors (Lipinski definition) is 6. The first kappa shape index (κ1) is 21.1. The number of aromatic nitrogens is 2. The molecule has 0 radical (unpaired) electrons. The van der Waals surface area contributed by atoms with Crippen LogP contribution in [-0.2, 0) is 6.61 Å². The Bertz CT molecular complexity index is 1200. The van der Waals surface area contributed by atoms with Crippen LogP contribution in [-0.4, -0.2) is 24.2 Å². The monoisotopic (exact) mass is 431 g/mol. The quantitative estimate of drug-likeness (QED) is 0.390. The molecule has 6 nitrogen and oxygen atoms in total. The van der Waals surface area contributed by atoms with Crippen molar-refractivity contribution in [1.82, 2.24) is 9.97 Å². The first-order valence-corrected chi connectivity index (χ1v) is 9.94. The minimum Gasteiger partial charge on any atom is -0.493 e. The fraction of sp³-hybridized carbons (Fsp3) is 0.120. The van der Waals surface area contributed by atoms with E-state index in [-0.39, 0.29) is 0 Å². The zero-order valence-electron chi connectivity index (χ0n) is 17.7. The lowest BCUT2D eigenvalue weighted by molar-refractivity contribution is 0.305. The van der Waals surface area contributed by atoms with Gasteiger partial charge >= 0.3 is 0 Å². The van der Waals surface area contributed by atoms with Crippen molar-refractivity contribution in [3.8, 4) is 28.5 Å². The summed E-state index contributed by atoms with van der Waals surface area (Å²) in [5, 5.41) is 3.13. The molecule has 0 atom stereocenters. The lowest BCUT2D eigenvalue weighted by Gasteiger charge is -2.11. The summed E-state index contributed by atoms with van der Waals surface area (Å²) in [6.45, 7) is 0.347. The summed E-state index contributed by atoms with van der Waals surface area (Å²) in [6, 6.07) is 21.4. The number of halogens is 1. The highest BCUT2D eigenvalue weighted by Gasteiger charge is 2.09. The average molecular weight is 431 g/mol. The van der Waals surface area contributed by atoms with E-state index in [1.54, 1.807) is 44.7 Å². The van der Waals surface area contributed by atoms with Crippen LogP contribution < -0.4 is 19.5 Å².